The van der Waals surface area contributed by atoms with E-state index in [4.69, 9.17) is 23.2 Å². The van der Waals surface area contributed by atoms with Gasteiger partial charge >= 0.3 is 0 Å². The van der Waals surface area contributed by atoms with Crippen LogP contribution < -0.4 is 5.32 Å². The van der Waals surface area contributed by atoms with Gasteiger partial charge in [0.25, 0.3) is 0 Å². The maximum absolute atomic E-state index is 12.6. The summed E-state index contributed by atoms with van der Waals surface area (Å²) in [6, 6.07) is 5.56. The first-order valence-corrected chi connectivity index (χ1v) is 9.34. The molecule has 1 N–H and O–H groups in total. The highest BCUT2D eigenvalue weighted by molar-refractivity contribution is 6.36. The van der Waals surface area contributed by atoms with E-state index in [0.29, 0.717) is 34.6 Å². The molecule has 24 heavy (non-hydrogen) atoms. The number of hydrogen-bond acceptors (Lipinski definition) is 2. The molecule has 3 rings (SSSR count). The van der Waals surface area contributed by atoms with Crippen molar-refractivity contribution in [3.8, 4) is 0 Å². The Kier molecular flexibility index (Phi) is 5.67. The fraction of sp³-hybridized carbons (Fsp3) is 0.556. The fourth-order valence-electron chi connectivity index (χ4n) is 3.70. The quantitative estimate of drug-likeness (QED) is 0.821. The van der Waals surface area contributed by atoms with Crippen molar-refractivity contribution in [1.29, 1.82) is 0 Å². The molecule has 130 valence electrons. The van der Waals surface area contributed by atoms with Crippen LogP contribution in [0, 0.1) is 5.92 Å². The van der Waals surface area contributed by atoms with Gasteiger partial charge in [-0.2, -0.15) is 0 Å². The molecule has 1 aromatic rings. The third-order valence-corrected chi connectivity index (χ3v) is 5.78. The zero-order chi connectivity index (χ0) is 17.1. The van der Waals surface area contributed by atoms with E-state index >= 15 is 0 Å². The number of benzene rings is 1. The van der Waals surface area contributed by atoms with Crippen LogP contribution in [0.4, 0.5) is 0 Å². The molecule has 0 radical (unpaired) electrons. The first kappa shape index (κ1) is 17.6. The van der Waals surface area contributed by atoms with Crippen molar-refractivity contribution in [2.24, 2.45) is 5.92 Å². The standard InChI is InChI=1S/C18H22Cl2N2O2/c19-15-7-4-8-16(20)14(15)11-21-17(23)13-9-10-22(18(13)24)12-5-2-1-3-6-12/h4,7-8,12-13H,1-3,5-6,9-11H2,(H,21,23). The summed E-state index contributed by atoms with van der Waals surface area (Å²) in [6.45, 7) is 0.930. The molecule has 1 aliphatic carbocycles. The zero-order valence-electron chi connectivity index (χ0n) is 13.6. The van der Waals surface area contributed by atoms with E-state index in [1.807, 2.05) is 4.90 Å². The van der Waals surface area contributed by atoms with Crippen molar-refractivity contribution >= 4 is 35.0 Å². The molecular weight excluding hydrogens is 347 g/mol. The van der Waals surface area contributed by atoms with Gasteiger partial charge in [-0.3, -0.25) is 9.59 Å². The van der Waals surface area contributed by atoms with Gasteiger partial charge in [0.2, 0.25) is 11.8 Å². The number of carbonyl (C=O) groups excluding carboxylic acids is 2. The van der Waals surface area contributed by atoms with Crippen LogP contribution >= 0.6 is 23.2 Å². The number of nitrogens with one attached hydrogen (secondary N) is 1. The van der Waals surface area contributed by atoms with Crippen molar-refractivity contribution in [3.63, 3.8) is 0 Å². The second-order valence-corrected chi connectivity index (χ2v) is 7.40. The molecular formula is C18H22Cl2N2O2. The van der Waals surface area contributed by atoms with Crippen molar-refractivity contribution in [3.05, 3.63) is 33.8 Å². The van der Waals surface area contributed by atoms with Crippen molar-refractivity contribution in [1.82, 2.24) is 10.2 Å². The Labute approximate surface area is 152 Å². The van der Waals surface area contributed by atoms with Crippen LogP contribution in [-0.2, 0) is 16.1 Å². The first-order chi connectivity index (χ1) is 11.6. The van der Waals surface area contributed by atoms with Gasteiger partial charge in [-0.25, -0.2) is 0 Å². The highest BCUT2D eigenvalue weighted by atomic mass is 35.5. The predicted molar refractivity (Wildman–Crippen MR) is 95.0 cm³/mol. The van der Waals surface area contributed by atoms with Crippen LogP contribution in [-0.4, -0.2) is 29.3 Å². The predicted octanol–water partition coefficient (Wildman–Crippen LogP) is 3.79. The Morgan fingerprint density at radius 1 is 1.12 bits per heavy atom. The highest BCUT2D eigenvalue weighted by Crippen LogP contribution is 2.29. The summed E-state index contributed by atoms with van der Waals surface area (Å²) < 4.78 is 0. The molecule has 0 aromatic heterocycles. The molecule has 1 aliphatic heterocycles. The Hall–Kier alpha value is -1.26. The van der Waals surface area contributed by atoms with Crippen molar-refractivity contribution < 1.29 is 9.59 Å². The molecule has 2 aliphatic rings. The van der Waals surface area contributed by atoms with Crippen molar-refractivity contribution in [2.75, 3.05) is 6.54 Å². The molecule has 0 spiro atoms. The van der Waals surface area contributed by atoms with Gasteiger partial charge in [0.05, 0.1) is 0 Å². The van der Waals surface area contributed by atoms with E-state index in [9.17, 15) is 9.59 Å². The minimum atomic E-state index is -0.576. The second-order valence-electron chi connectivity index (χ2n) is 6.58. The molecule has 1 heterocycles. The topological polar surface area (TPSA) is 49.4 Å². The fourth-order valence-corrected chi connectivity index (χ4v) is 4.23. The molecule has 0 bridgehead atoms. The largest absolute Gasteiger partial charge is 0.351 e. The normalized spacial score (nSPS) is 22.0. The average molecular weight is 369 g/mol. The monoisotopic (exact) mass is 368 g/mol. The van der Waals surface area contributed by atoms with E-state index in [1.54, 1.807) is 18.2 Å². The number of likely N-dealkylation sites (tertiary alicyclic amines) is 1. The molecule has 1 saturated heterocycles. The van der Waals surface area contributed by atoms with Crippen LogP contribution in [0.15, 0.2) is 18.2 Å². The lowest BCUT2D eigenvalue weighted by Crippen LogP contribution is -2.41. The van der Waals surface area contributed by atoms with Crippen LogP contribution in [0.5, 0.6) is 0 Å². The molecule has 4 nitrogen and oxygen atoms in total. The van der Waals surface area contributed by atoms with E-state index < -0.39 is 5.92 Å². The minimum Gasteiger partial charge on any atom is -0.351 e. The average Bonchev–Trinajstić information content (AvgIpc) is 2.96. The number of amides is 2. The third-order valence-electron chi connectivity index (χ3n) is 5.07. The number of carbonyl (C=O) groups is 2. The minimum absolute atomic E-state index is 0.0235. The van der Waals surface area contributed by atoms with Gasteiger partial charge in [-0.05, 0) is 31.4 Å². The summed E-state index contributed by atoms with van der Waals surface area (Å²) in [4.78, 5) is 27.0. The maximum atomic E-state index is 12.6. The second kappa shape index (κ2) is 7.75. The molecule has 2 fully saturated rings. The SMILES string of the molecule is O=C(NCc1c(Cl)cccc1Cl)C1CCN(C2CCCCC2)C1=O. The van der Waals surface area contributed by atoms with Crippen molar-refractivity contribution in [2.45, 2.75) is 51.1 Å². The summed E-state index contributed by atoms with van der Waals surface area (Å²) in [6.07, 6.45) is 6.33. The molecule has 1 saturated carbocycles. The van der Waals surface area contributed by atoms with Crippen LogP contribution in [0.3, 0.4) is 0 Å². The third kappa shape index (κ3) is 3.70. The molecule has 1 unspecified atom stereocenters. The lowest BCUT2D eigenvalue weighted by Gasteiger charge is -2.31. The summed E-state index contributed by atoms with van der Waals surface area (Å²) in [5.41, 5.74) is 0.684. The van der Waals surface area contributed by atoms with Crippen LogP contribution in [0.2, 0.25) is 10.0 Å². The van der Waals surface area contributed by atoms with Gasteiger partial charge in [-0.15, -0.1) is 0 Å². The number of hydrogen-bond donors (Lipinski definition) is 1. The lowest BCUT2D eigenvalue weighted by atomic mass is 9.94. The summed E-state index contributed by atoms with van der Waals surface area (Å²) in [5.74, 6) is -0.827. The summed E-state index contributed by atoms with van der Waals surface area (Å²) in [5, 5.41) is 3.86. The van der Waals surface area contributed by atoms with E-state index in [2.05, 4.69) is 5.32 Å². The van der Waals surface area contributed by atoms with Gasteiger partial charge in [0, 0.05) is 34.7 Å². The number of rotatable bonds is 4. The lowest BCUT2D eigenvalue weighted by molar-refractivity contribution is -0.139. The van der Waals surface area contributed by atoms with E-state index in [1.165, 1.54) is 19.3 Å². The molecule has 6 heteroatoms. The summed E-state index contributed by atoms with van der Waals surface area (Å²) in [7, 11) is 0. The molecule has 1 aromatic carbocycles. The van der Waals surface area contributed by atoms with Crippen LogP contribution in [0.25, 0.3) is 0 Å². The van der Waals surface area contributed by atoms with E-state index in [-0.39, 0.29) is 18.4 Å². The Balaban J connectivity index is 1.58. The molecule has 2 amide bonds. The van der Waals surface area contributed by atoms with Gasteiger partial charge in [0.15, 0.2) is 0 Å². The van der Waals surface area contributed by atoms with Gasteiger partial charge in [-0.1, -0.05) is 48.5 Å². The highest BCUT2D eigenvalue weighted by Gasteiger charge is 2.40. The smallest absolute Gasteiger partial charge is 0.235 e. The van der Waals surface area contributed by atoms with Crippen LogP contribution in [0.1, 0.15) is 44.1 Å². The first-order valence-electron chi connectivity index (χ1n) is 8.59. The number of halogens is 2. The summed E-state index contributed by atoms with van der Waals surface area (Å²) >= 11 is 12.2. The Morgan fingerprint density at radius 2 is 1.79 bits per heavy atom. The molecule has 1 atom stereocenters. The van der Waals surface area contributed by atoms with Gasteiger partial charge < -0.3 is 10.2 Å². The Bertz CT molecular complexity index is 609. The zero-order valence-corrected chi connectivity index (χ0v) is 15.1. The van der Waals surface area contributed by atoms with Gasteiger partial charge in [0.1, 0.15) is 5.92 Å². The Morgan fingerprint density at radius 3 is 2.46 bits per heavy atom. The van der Waals surface area contributed by atoms with E-state index in [0.717, 1.165) is 12.8 Å². The number of nitrogens with zero attached hydrogens (tertiary/aromatic N) is 1. The maximum Gasteiger partial charge on any atom is 0.235 e.